The number of carbonyl (C=O) groups excluding carboxylic acids is 2. The second-order valence-corrected chi connectivity index (χ2v) is 6.07. The fraction of sp³-hybridized carbons (Fsp3) is 0.846. The van der Waals surface area contributed by atoms with Gasteiger partial charge in [0, 0.05) is 0 Å². The van der Waals surface area contributed by atoms with Gasteiger partial charge in [-0.25, -0.2) is 9.59 Å². The monoisotopic (exact) mass is 260 g/mol. The van der Waals surface area contributed by atoms with Gasteiger partial charge in [0.15, 0.2) is 6.10 Å². The summed E-state index contributed by atoms with van der Waals surface area (Å²) in [4.78, 5) is 23.0. The molecule has 0 saturated carbocycles. The van der Waals surface area contributed by atoms with E-state index in [0.29, 0.717) is 0 Å². The highest BCUT2D eigenvalue weighted by Gasteiger charge is 2.25. The van der Waals surface area contributed by atoms with Crippen molar-refractivity contribution in [2.24, 2.45) is 0 Å². The Morgan fingerprint density at radius 3 is 1.89 bits per heavy atom. The van der Waals surface area contributed by atoms with E-state index in [2.05, 4.69) is 0 Å². The molecule has 5 nitrogen and oxygen atoms in total. The van der Waals surface area contributed by atoms with Crippen LogP contribution in [0, 0.1) is 0 Å². The number of ether oxygens (including phenoxy) is 3. The van der Waals surface area contributed by atoms with Gasteiger partial charge in [0.1, 0.15) is 12.2 Å². The van der Waals surface area contributed by atoms with Crippen LogP contribution in [0.25, 0.3) is 0 Å². The first-order chi connectivity index (χ1) is 7.91. The van der Waals surface area contributed by atoms with Crippen molar-refractivity contribution in [2.75, 3.05) is 6.61 Å². The van der Waals surface area contributed by atoms with Crippen LogP contribution in [0.3, 0.4) is 0 Å². The minimum Gasteiger partial charge on any atom is -0.457 e. The lowest BCUT2D eigenvalue weighted by Gasteiger charge is -2.23. The Morgan fingerprint density at radius 2 is 1.50 bits per heavy atom. The summed E-state index contributed by atoms with van der Waals surface area (Å²) in [6.07, 6.45) is -0.930. The normalized spacial score (nSPS) is 13.9. The molecule has 0 spiro atoms. The molecule has 0 aliphatic carbocycles. The highest BCUT2D eigenvalue weighted by Crippen LogP contribution is 2.10. The van der Waals surface area contributed by atoms with Crippen molar-refractivity contribution in [3.8, 4) is 0 Å². The standard InChI is InChI=1S/C13H24O5/c1-9(11(15)18-13(5,6)7)17-10(14)8-16-12(2,3)4/h9H,8H2,1-7H3. The second-order valence-electron chi connectivity index (χ2n) is 6.07. The highest BCUT2D eigenvalue weighted by molar-refractivity contribution is 5.79. The molecule has 106 valence electrons. The Balaban J connectivity index is 4.12. The molecular weight excluding hydrogens is 236 g/mol. The van der Waals surface area contributed by atoms with Gasteiger partial charge in [-0.2, -0.15) is 0 Å². The van der Waals surface area contributed by atoms with Crippen molar-refractivity contribution >= 4 is 11.9 Å². The maximum atomic E-state index is 11.6. The summed E-state index contributed by atoms with van der Waals surface area (Å²) in [6.45, 7) is 12.0. The Morgan fingerprint density at radius 1 is 1.00 bits per heavy atom. The smallest absolute Gasteiger partial charge is 0.347 e. The fourth-order valence-electron chi connectivity index (χ4n) is 0.939. The summed E-state index contributed by atoms with van der Waals surface area (Å²) >= 11 is 0. The molecular formula is C13H24O5. The Labute approximate surface area is 109 Å². The summed E-state index contributed by atoms with van der Waals surface area (Å²) < 4.78 is 15.2. The lowest BCUT2D eigenvalue weighted by Crippen LogP contribution is -2.34. The summed E-state index contributed by atoms with van der Waals surface area (Å²) in [5.41, 5.74) is -1.02. The Hall–Kier alpha value is -1.10. The number of carbonyl (C=O) groups is 2. The van der Waals surface area contributed by atoms with E-state index < -0.39 is 29.2 Å². The van der Waals surface area contributed by atoms with Gasteiger partial charge in [-0.1, -0.05) is 0 Å². The van der Waals surface area contributed by atoms with Crippen molar-refractivity contribution < 1.29 is 23.8 Å². The fourth-order valence-corrected chi connectivity index (χ4v) is 0.939. The van der Waals surface area contributed by atoms with Crippen LogP contribution < -0.4 is 0 Å². The van der Waals surface area contributed by atoms with Gasteiger partial charge in [0.05, 0.1) is 5.60 Å². The quantitative estimate of drug-likeness (QED) is 0.724. The SMILES string of the molecule is CC(OC(=O)COC(C)(C)C)C(=O)OC(C)(C)C. The lowest BCUT2D eigenvalue weighted by molar-refractivity contribution is -0.178. The maximum absolute atomic E-state index is 11.6. The van der Waals surface area contributed by atoms with E-state index in [4.69, 9.17) is 14.2 Å². The minimum atomic E-state index is -0.930. The third kappa shape index (κ3) is 8.98. The zero-order chi connectivity index (χ0) is 14.6. The van der Waals surface area contributed by atoms with Crippen LogP contribution in [0.15, 0.2) is 0 Å². The van der Waals surface area contributed by atoms with Gasteiger partial charge in [-0.05, 0) is 48.5 Å². The molecule has 0 radical (unpaired) electrons. The van der Waals surface area contributed by atoms with Gasteiger partial charge < -0.3 is 14.2 Å². The van der Waals surface area contributed by atoms with Gasteiger partial charge in [0.2, 0.25) is 0 Å². The third-order valence-corrected chi connectivity index (χ3v) is 1.67. The van der Waals surface area contributed by atoms with Gasteiger partial charge in [-0.15, -0.1) is 0 Å². The first kappa shape index (κ1) is 16.9. The number of hydrogen-bond donors (Lipinski definition) is 0. The van der Waals surface area contributed by atoms with Gasteiger partial charge in [-0.3, -0.25) is 0 Å². The van der Waals surface area contributed by atoms with Crippen LogP contribution >= 0.6 is 0 Å². The summed E-state index contributed by atoms with van der Waals surface area (Å²) in [5, 5.41) is 0. The average molecular weight is 260 g/mol. The molecule has 0 aliphatic heterocycles. The first-order valence-corrected chi connectivity index (χ1v) is 5.97. The highest BCUT2D eigenvalue weighted by atomic mass is 16.6. The van der Waals surface area contributed by atoms with Gasteiger partial charge >= 0.3 is 11.9 Å². The molecule has 0 bridgehead atoms. The van der Waals surface area contributed by atoms with Gasteiger partial charge in [0.25, 0.3) is 0 Å². The Bertz CT molecular complexity index is 295. The number of hydrogen-bond acceptors (Lipinski definition) is 5. The second kappa shape index (κ2) is 6.18. The van der Waals surface area contributed by atoms with Crippen LogP contribution in [-0.2, 0) is 23.8 Å². The largest absolute Gasteiger partial charge is 0.457 e. The number of rotatable bonds is 4. The zero-order valence-corrected chi connectivity index (χ0v) is 12.3. The van der Waals surface area contributed by atoms with E-state index in [1.54, 1.807) is 20.8 Å². The van der Waals surface area contributed by atoms with Crippen LogP contribution in [0.2, 0.25) is 0 Å². The molecule has 1 atom stereocenters. The van der Waals surface area contributed by atoms with E-state index >= 15 is 0 Å². The summed E-state index contributed by atoms with van der Waals surface area (Å²) in [5.74, 6) is -1.14. The molecule has 0 saturated heterocycles. The molecule has 5 heteroatoms. The van der Waals surface area contributed by atoms with Crippen molar-refractivity contribution in [3.63, 3.8) is 0 Å². The minimum absolute atomic E-state index is 0.184. The molecule has 0 aliphatic rings. The van der Waals surface area contributed by atoms with E-state index in [0.717, 1.165) is 0 Å². The topological polar surface area (TPSA) is 61.8 Å². The van der Waals surface area contributed by atoms with Crippen molar-refractivity contribution in [2.45, 2.75) is 65.8 Å². The molecule has 18 heavy (non-hydrogen) atoms. The molecule has 0 aromatic rings. The molecule has 0 fully saturated rings. The van der Waals surface area contributed by atoms with E-state index in [1.165, 1.54) is 6.92 Å². The molecule has 0 aromatic heterocycles. The van der Waals surface area contributed by atoms with E-state index in [1.807, 2.05) is 20.8 Å². The van der Waals surface area contributed by atoms with Crippen LogP contribution in [0.5, 0.6) is 0 Å². The molecule has 0 amide bonds. The number of esters is 2. The zero-order valence-electron chi connectivity index (χ0n) is 12.3. The van der Waals surface area contributed by atoms with E-state index in [-0.39, 0.29) is 6.61 Å². The lowest BCUT2D eigenvalue weighted by atomic mass is 10.2. The van der Waals surface area contributed by atoms with E-state index in [9.17, 15) is 9.59 Å². The maximum Gasteiger partial charge on any atom is 0.347 e. The molecule has 0 heterocycles. The summed E-state index contributed by atoms with van der Waals surface area (Å²) in [7, 11) is 0. The van der Waals surface area contributed by atoms with Crippen molar-refractivity contribution in [1.29, 1.82) is 0 Å². The predicted molar refractivity (Wildman–Crippen MR) is 67.1 cm³/mol. The predicted octanol–water partition coefficient (Wildman–Crippen LogP) is 2.07. The van der Waals surface area contributed by atoms with Crippen LogP contribution in [0.1, 0.15) is 48.5 Å². The molecule has 0 N–H and O–H groups in total. The van der Waals surface area contributed by atoms with Crippen molar-refractivity contribution in [3.05, 3.63) is 0 Å². The first-order valence-electron chi connectivity index (χ1n) is 5.97. The molecule has 0 aromatic carbocycles. The molecule has 1 unspecified atom stereocenters. The van der Waals surface area contributed by atoms with Crippen LogP contribution in [0.4, 0.5) is 0 Å². The average Bonchev–Trinajstić information content (AvgIpc) is 2.10. The van der Waals surface area contributed by atoms with Crippen molar-refractivity contribution in [1.82, 2.24) is 0 Å². The third-order valence-electron chi connectivity index (χ3n) is 1.67. The summed E-state index contributed by atoms with van der Waals surface area (Å²) in [6, 6.07) is 0. The van der Waals surface area contributed by atoms with Crippen LogP contribution in [-0.4, -0.2) is 35.9 Å². The molecule has 0 rings (SSSR count). The Kier molecular flexibility index (Phi) is 5.80.